The molecule has 0 aliphatic carbocycles. The molecule has 3 aromatic rings. The maximum Gasteiger partial charge on any atom is 0.256 e. The van der Waals surface area contributed by atoms with Crippen LogP contribution in [0.2, 0.25) is 0 Å². The van der Waals surface area contributed by atoms with Crippen LogP contribution in [0.15, 0.2) is 48.9 Å². The predicted octanol–water partition coefficient (Wildman–Crippen LogP) is 3.05. The Morgan fingerprint density at radius 3 is 2.67 bits per heavy atom. The van der Waals surface area contributed by atoms with Crippen LogP contribution in [0.25, 0.3) is 11.2 Å². The normalized spacial score (nSPS) is 15.8. The zero-order valence-electron chi connectivity index (χ0n) is 13.1. The summed E-state index contributed by atoms with van der Waals surface area (Å²) in [5.41, 5.74) is 1.89. The summed E-state index contributed by atoms with van der Waals surface area (Å²) in [6, 6.07) is 10.2. The number of benzene rings is 1. The second-order valence-electron chi connectivity index (χ2n) is 6.00. The number of nitrogens with zero attached hydrogens (tertiary/aromatic N) is 4. The topological polar surface area (TPSA) is 51.0 Å². The average molecular weight is 324 g/mol. The summed E-state index contributed by atoms with van der Waals surface area (Å²) in [5.74, 6) is -0.699. The van der Waals surface area contributed by atoms with Gasteiger partial charge < -0.3 is 9.47 Å². The molecule has 1 aliphatic rings. The summed E-state index contributed by atoms with van der Waals surface area (Å²) in [7, 11) is 0. The molecule has 1 amide bonds. The Bertz CT molecular complexity index is 883. The molecular weight excluding hydrogens is 307 g/mol. The van der Waals surface area contributed by atoms with Gasteiger partial charge in [0.2, 0.25) is 0 Å². The molecule has 0 atom stereocenters. The molecule has 5 nitrogen and oxygen atoms in total. The fraction of sp³-hybridized carbons (Fsp3) is 0.278. The number of aromatic nitrogens is 3. The molecule has 3 heterocycles. The van der Waals surface area contributed by atoms with Gasteiger partial charge in [0.15, 0.2) is 5.65 Å². The molecule has 24 heavy (non-hydrogen) atoms. The number of rotatable bonds is 2. The van der Waals surface area contributed by atoms with E-state index in [-0.39, 0.29) is 17.5 Å². The fourth-order valence-corrected chi connectivity index (χ4v) is 3.29. The molecule has 122 valence electrons. The van der Waals surface area contributed by atoms with Crippen LogP contribution >= 0.6 is 0 Å². The monoisotopic (exact) mass is 324 g/mol. The van der Waals surface area contributed by atoms with E-state index in [1.165, 1.54) is 12.1 Å². The number of halogens is 1. The smallest absolute Gasteiger partial charge is 0.256 e. The van der Waals surface area contributed by atoms with Crippen LogP contribution in [0.3, 0.4) is 0 Å². The van der Waals surface area contributed by atoms with Gasteiger partial charge in [-0.1, -0.05) is 12.1 Å². The number of likely N-dealkylation sites (tertiary alicyclic amines) is 1. The second-order valence-corrected chi connectivity index (χ2v) is 6.00. The fourth-order valence-electron chi connectivity index (χ4n) is 3.29. The Morgan fingerprint density at radius 2 is 1.88 bits per heavy atom. The van der Waals surface area contributed by atoms with Gasteiger partial charge >= 0.3 is 0 Å². The Labute approximate surface area is 138 Å². The summed E-state index contributed by atoms with van der Waals surface area (Å²) in [6.45, 7) is 1.20. The molecule has 0 radical (unpaired) electrons. The van der Waals surface area contributed by atoms with Crippen LogP contribution in [-0.4, -0.2) is 38.4 Å². The summed E-state index contributed by atoms with van der Waals surface area (Å²) in [5, 5.41) is 0. The lowest BCUT2D eigenvalue weighted by Crippen LogP contribution is -2.39. The van der Waals surface area contributed by atoms with Gasteiger partial charge in [-0.3, -0.25) is 4.79 Å². The van der Waals surface area contributed by atoms with Crippen molar-refractivity contribution in [2.45, 2.75) is 18.9 Å². The number of pyridine rings is 1. The third-order valence-electron chi connectivity index (χ3n) is 4.58. The Kier molecular flexibility index (Phi) is 3.72. The Balaban J connectivity index is 1.49. The molecular formula is C18H17FN4O. The molecule has 1 aliphatic heterocycles. The van der Waals surface area contributed by atoms with Crippen molar-refractivity contribution < 1.29 is 9.18 Å². The standard InChI is InChI=1S/C18H17FN4O/c19-15-5-2-1-4-14(15)18(24)22-10-7-13(8-11-22)23-12-21-16-6-3-9-20-17(16)23/h1-6,9,12-13H,7-8,10-11H2. The Morgan fingerprint density at radius 1 is 1.08 bits per heavy atom. The molecule has 1 saturated heterocycles. The van der Waals surface area contributed by atoms with Gasteiger partial charge in [-0.05, 0) is 37.1 Å². The van der Waals surface area contributed by atoms with E-state index < -0.39 is 5.82 Å². The van der Waals surface area contributed by atoms with Gasteiger partial charge in [0.25, 0.3) is 5.91 Å². The molecule has 1 fully saturated rings. The lowest BCUT2D eigenvalue weighted by molar-refractivity contribution is 0.0691. The number of amides is 1. The molecule has 1 aromatic carbocycles. The van der Waals surface area contributed by atoms with Crippen LogP contribution in [0.4, 0.5) is 4.39 Å². The van der Waals surface area contributed by atoms with Gasteiger partial charge in [0.1, 0.15) is 11.3 Å². The van der Waals surface area contributed by atoms with Gasteiger partial charge in [-0.25, -0.2) is 14.4 Å². The van der Waals surface area contributed by atoms with E-state index >= 15 is 0 Å². The molecule has 0 saturated carbocycles. The highest BCUT2D eigenvalue weighted by atomic mass is 19.1. The van der Waals surface area contributed by atoms with Crippen molar-refractivity contribution in [2.24, 2.45) is 0 Å². The number of hydrogen-bond acceptors (Lipinski definition) is 3. The lowest BCUT2D eigenvalue weighted by atomic mass is 10.0. The van der Waals surface area contributed by atoms with Crippen LogP contribution < -0.4 is 0 Å². The summed E-state index contributed by atoms with van der Waals surface area (Å²) in [6.07, 6.45) is 5.19. The number of carbonyl (C=O) groups excluding carboxylic acids is 1. The number of fused-ring (bicyclic) bond motifs is 1. The molecule has 0 unspecified atom stereocenters. The van der Waals surface area contributed by atoms with Gasteiger partial charge in [0, 0.05) is 25.3 Å². The van der Waals surface area contributed by atoms with Crippen LogP contribution in [0.5, 0.6) is 0 Å². The van der Waals surface area contributed by atoms with Crippen LogP contribution in [0.1, 0.15) is 29.2 Å². The van der Waals surface area contributed by atoms with Crippen molar-refractivity contribution in [2.75, 3.05) is 13.1 Å². The van der Waals surface area contributed by atoms with Crippen LogP contribution in [0, 0.1) is 5.82 Å². The largest absolute Gasteiger partial charge is 0.338 e. The third kappa shape index (κ3) is 2.54. The van der Waals surface area contributed by atoms with Crippen molar-refractivity contribution in [3.05, 3.63) is 60.3 Å². The first kappa shape index (κ1) is 14.8. The molecule has 4 rings (SSSR count). The predicted molar refractivity (Wildman–Crippen MR) is 88.1 cm³/mol. The second kappa shape index (κ2) is 6.03. The van der Waals surface area contributed by atoms with Crippen molar-refractivity contribution >= 4 is 17.1 Å². The van der Waals surface area contributed by atoms with Gasteiger partial charge in [-0.15, -0.1) is 0 Å². The molecule has 2 aromatic heterocycles. The first-order valence-electron chi connectivity index (χ1n) is 8.05. The van der Waals surface area contributed by atoms with Crippen LogP contribution in [-0.2, 0) is 0 Å². The number of imidazole rings is 1. The highest BCUT2D eigenvalue weighted by molar-refractivity contribution is 5.94. The van der Waals surface area contributed by atoms with E-state index in [1.807, 2.05) is 18.5 Å². The molecule has 6 heteroatoms. The van der Waals surface area contributed by atoms with Crippen molar-refractivity contribution in [1.82, 2.24) is 19.4 Å². The zero-order chi connectivity index (χ0) is 16.5. The van der Waals surface area contributed by atoms with E-state index in [9.17, 15) is 9.18 Å². The van der Waals surface area contributed by atoms with E-state index in [1.54, 1.807) is 23.2 Å². The number of carbonyl (C=O) groups is 1. The molecule has 0 N–H and O–H groups in total. The zero-order valence-corrected chi connectivity index (χ0v) is 13.1. The van der Waals surface area contributed by atoms with E-state index in [2.05, 4.69) is 14.5 Å². The van der Waals surface area contributed by atoms with Crippen molar-refractivity contribution in [3.8, 4) is 0 Å². The third-order valence-corrected chi connectivity index (χ3v) is 4.58. The number of piperidine rings is 1. The van der Waals surface area contributed by atoms with E-state index in [0.29, 0.717) is 13.1 Å². The SMILES string of the molecule is O=C(c1ccccc1F)N1CCC(n2cnc3cccnc32)CC1. The summed E-state index contributed by atoms with van der Waals surface area (Å²) < 4.78 is 15.9. The summed E-state index contributed by atoms with van der Waals surface area (Å²) in [4.78, 5) is 23.0. The quantitative estimate of drug-likeness (QED) is 0.728. The minimum absolute atomic E-state index is 0.144. The van der Waals surface area contributed by atoms with Gasteiger partial charge in [0.05, 0.1) is 11.9 Å². The maximum absolute atomic E-state index is 13.8. The highest BCUT2D eigenvalue weighted by Crippen LogP contribution is 2.26. The van der Waals surface area contributed by atoms with Crippen molar-refractivity contribution in [3.63, 3.8) is 0 Å². The van der Waals surface area contributed by atoms with E-state index in [4.69, 9.17) is 0 Å². The van der Waals surface area contributed by atoms with Gasteiger partial charge in [-0.2, -0.15) is 0 Å². The van der Waals surface area contributed by atoms with E-state index in [0.717, 1.165) is 24.0 Å². The molecule has 0 bridgehead atoms. The minimum atomic E-state index is -0.463. The molecule has 0 spiro atoms. The lowest BCUT2D eigenvalue weighted by Gasteiger charge is -2.32. The Hall–Kier alpha value is -2.76. The number of hydrogen-bond donors (Lipinski definition) is 0. The first-order chi connectivity index (χ1) is 11.7. The average Bonchev–Trinajstić information content (AvgIpc) is 3.06. The first-order valence-corrected chi connectivity index (χ1v) is 8.05. The van der Waals surface area contributed by atoms with Crippen molar-refractivity contribution in [1.29, 1.82) is 0 Å². The highest BCUT2D eigenvalue weighted by Gasteiger charge is 2.26. The minimum Gasteiger partial charge on any atom is -0.338 e. The summed E-state index contributed by atoms with van der Waals surface area (Å²) >= 11 is 0. The maximum atomic E-state index is 13.8.